The number of hydrogen-bond donors (Lipinski definition) is 1. The molecule has 0 atom stereocenters. The van der Waals surface area contributed by atoms with Gasteiger partial charge in [-0.25, -0.2) is 8.78 Å². The minimum Gasteiger partial charge on any atom is -0.366 e. The first-order valence-electron chi connectivity index (χ1n) is 7.99. The predicted molar refractivity (Wildman–Crippen MR) is 82.5 cm³/mol. The molecular formula is C17H20F2N2O2. The summed E-state index contributed by atoms with van der Waals surface area (Å²) >= 11 is 0. The van der Waals surface area contributed by atoms with Gasteiger partial charge in [0.1, 0.15) is 0 Å². The van der Waals surface area contributed by atoms with Crippen molar-refractivity contribution in [2.24, 2.45) is 11.7 Å². The van der Waals surface area contributed by atoms with Gasteiger partial charge in [-0.05, 0) is 49.4 Å². The second kappa shape index (κ2) is 5.91. The Labute approximate surface area is 133 Å². The zero-order chi connectivity index (χ0) is 16.6. The third kappa shape index (κ3) is 3.21. The van der Waals surface area contributed by atoms with Gasteiger partial charge in [-0.2, -0.15) is 0 Å². The van der Waals surface area contributed by atoms with Gasteiger partial charge in [-0.3, -0.25) is 9.59 Å². The van der Waals surface area contributed by atoms with Gasteiger partial charge in [0.05, 0.1) is 0 Å². The number of hydrogen-bond acceptors (Lipinski definition) is 2. The van der Waals surface area contributed by atoms with Crippen LogP contribution in [0.4, 0.5) is 14.5 Å². The van der Waals surface area contributed by atoms with Crippen LogP contribution in [0, 0.1) is 5.92 Å². The van der Waals surface area contributed by atoms with E-state index >= 15 is 0 Å². The molecule has 1 aliphatic heterocycles. The van der Waals surface area contributed by atoms with Crippen LogP contribution in [0.5, 0.6) is 0 Å². The zero-order valence-electron chi connectivity index (χ0n) is 12.9. The molecule has 6 heteroatoms. The third-order valence-electron chi connectivity index (χ3n) is 4.82. The highest BCUT2D eigenvalue weighted by atomic mass is 19.3. The molecule has 0 saturated heterocycles. The van der Waals surface area contributed by atoms with E-state index in [1.165, 1.54) is 0 Å². The molecule has 0 spiro atoms. The maximum atomic E-state index is 13.3. The van der Waals surface area contributed by atoms with Crippen LogP contribution >= 0.6 is 0 Å². The average Bonchev–Trinajstić information content (AvgIpc) is 2.53. The number of aryl methyl sites for hydroxylation is 1. The summed E-state index contributed by atoms with van der Waals surface area (Å²) in [6.45, 7) is 0.592. The summed E-state index contributed by atoms with van der Waals surface area (Å²) in [6.07, 6.45) is 1.61. The van der Waals surface area contributed by atoms with Crippen molar-refractivity contribution >= 4 is 17.5 Å². The highest BCUT2D eigenvalue weighted by molar-refractivity contribution is 5.98. The summed E-state index contributed by atoms with van der Waals surface area (Å²) in [5.41, 5.74) is 7.42. The number of alkyl halides is 2. The molecule has 0 aromatic heterocycles. The molecule has 1 heterocycles. The standard InChI is InChI=1S/C17H20F2N2O2/c18-17(19)7-5-11(6-8-17)16(23)21-9-1-2-12-10-13(15(20)22)3-4-14(12)21/h3-4,10-11H,1-2,5-9H2,(H2,20,22). The Hall–Kier alpha value is -1.98. The normalized spacial score (nSPS) is 20.9. The zero-order valence-corrected chi connectivity index (χ0v) is 12.9. The van der Waals surface area contributed by atoms with E-state index in [9.17, 15) is 18.4 Å². The highest BCUT2D eigenvalue weighted by Gasteiger charge is 2.39. The first kappa shape index (κ1) is 15.9. The number of nitrogens with two attached hydrogens (primary N) is 1. The molecule has 1 aliphatic carbocycles. The molecule has 23 heavy (non-hydrogen) atoms. The Bertz CT molecular complexity index is 635. The van der Waals surface area contributed by atoms with Gasteiger partial charge in [-0.15, -0.1) is 0 Å². The van der Waals surface area contributed by atoms with Gasteiger partial charge >= 0.3 is 0 Å². The quantitative estimate of drug-likeness (QED) is 0.910. The van der Waals surface area contributed by atoms with Crippen LogP contribution in [0.1, 0.15) is 48.0 Å². The maximum absolute atomic E-state index is 13.3. The molecule has 2 N–H and O–H groups in total. The Balaban J connectivity index is 1.80. The third-order valence-corrected chi connectivity index (χ3v) is 4.82. The fourth-order valence-corrected chi connectivity index (χ4v) is 3.49. The van der Waals surface area contributed by atoms with Crippen molar-refractivity contribution in [3.05, 3.63) is 29.3 Å². The fraction of sp³-hybridized carbons (Fsp3) is 0.529. The number of nitrogens with zero attached hydrogens (tertiary/aromatic N) is 1. The molecule has 1 aromatic carbocycles. The molecule has 1 fully saturated rings. The molecular weight excluding hydrogens is 302 g/mol. The summed E-state index contributed by atoms with van der Waals surface area (Å²) in [6, 6.07) is 5.08. The van der Waals surface area contributed by atoms with Gasteiger partial charge in [0.15, 0.2) is 0 Å². The lowest BCUT2D eigenvalue weighted by Gasteiger charge is -2.35. The summed E-state index contributed by atoms with van der Waals surface area (Å²) in [5.74, 6) is -3.54. The lowest BCUT2D eigenvalue weighted by molar-refractivity contribution is -0.126. The lowest BCUT2D eigenvalue weighted by atomic mass is 9.85. The Morgan fingerprint density at radius 2 is 1.91 bits per heavy atom. The predicted octanol–water partition coefficient (Wildman–Crippen LogP) is 2.89. The number of fused-ring (bicyclic) bond motifs is 1. The first-order valence-corrected chi connectivity index (χ1v) is 7.99. The Morgan fingerprint density at radius 3 is 2.57 bits per heavy atom. The van der Waals surface area contributed by atoms with E-state index in [-0.39, 0.29) is 37.5 Å². The van der Waals surface area contributed by atoms with E-state index in [1.807, 2.05) is 0 Å². The van der Waals surface area contributed by atoms with Crippen LogP contribution in [0.15, 0.2) is 18.2 Å². The van der Waals surface area contributed by atoms with Crippen LogP contribution in [0.3, 0.4) is 0 Å². The van der Waals surface area contributed by atoms with Crippen molar-refractivity contribution < 1.29 is 18.4 Å². The topological polar surface area (TPSA) is 63.4 Å². The van der Waals surface area contributed by atoms with Crippen molar-refractivity contribution in [2.75, 3.05) is 11.4 Å². The summed E-state index contributed by atoms with van der Waals surface area (Å²) in [4.78, 5) is 25.7. The van der Waals surface area contributed by atoms with Gasteiger partial charge in [-0.1, -0.05) is 0 Å². The van der Waals surface area contributed by atoms with Crippen LogP contribution in [-0.2, 0) is 11.2 Å². The molecule has 0 unspecified atom stereocenters. The number of rotatable bonds is 2. The molecule has 1 aromatic rings. The van der Waals surface area contributed by atoms with E-state index in [4.69, 9.17) is 5.73 Å². The van der Waals surface area contributed by atoms with Gasteiger partial charge in [0, 0.05) is 36.6 Å². The molecule has 2 amide bonds. The number of carbonyl (C=O) groups is 2. The van der Waals surface area contributed by atoms with E-state index in [0.717, 1.165) is 24.1 Å². The Kier molecular flexibility index (Phi) is 4.08. The van der Waals surface area contributed by atoms with E-state index in [2.05, 4.69) is 0 Å². The molecule has 3 rings (SSSR count). The second-order valence-corrected chi connectivity index (χ2v) is 6.43. The lowest BCUT2D eigenvalue weighted by Crippen LogP contribution is -2.42. The van der Waals surface area contributed by atoms with Gasteiger partial charge in [0.25, 0.3) is 0 Å². The van der Waals surface area contributed by atoms with Crippen LogP contribution in [0.25, 0.3) is 0 Å². The van der Waals surface area contributed by atoms with Crippen LogP contribution in [0.2, 0.25) is 0 Å². The van der Waals surface area contributed by atoms with Crippen molar-refractivity contribution in [3.63, 3.8) is 0 Å². The molecule has 2 aliphatic rings. The van der Waals surface area contributed by atoms with Crippen molar-refractivity contribution in [1.82, 2.24) is 0 Å². The minimum atomic E-state index is -2.63. The Morgan fingerprint density at radius 1 is 1.22 bits per heavy atom. The number of anilines is 1. The van der Waals surface area contributed by atoms with Crippen molar-refractivity contribution in [3.8, 4) is 0 Å². The van der Waals surface area contributed by atoms with Crippen LogP contribution < -0.4 is 10.6 Å². The molecule has 124 valence electrons. The summed E-state index contributed by atoms with van der Waals surface area (Å²) < 4.78 is 26.5. The molecule has 4 nitrogen and oxygen atoms in total. The number of carbonyl (C=O) groups excluding carboxylic acids is 2. The average molecular weight is 322 g/mol. The molecule has 0 radical (unpaired) electrons. The van der Waals surface area contributed by atoms with E-state index < -0.39 is 11.8 Å². The number of halogens is 2. The number of primary amides is 1. The number of amides is 2. The van der Waals surface area contributed by atoms with E-state index in [1.54, 1.807) is 23.1 Å². The molecule has 1 saturated carbocycles. The van der Waals surface area contributed by atoms with Gasteiger partial charge < -0.3 is 10.6 Å². The van der Waals surface area contributed by atoms with E-state index in [0.29, 0.717) is 12.1 Å². The van der Waals surface area contributed by atoms with Crippen LogP contribution in [-0.4, -0.2) is 24.3 Å². The second-order valence-electron chi connectivity index (χ2n) is 6.43. The van der Waals surface area contributed by atoms with Crippen molar-refractivity contribution in [2.45, 2.75) is 44.4 Å². The number of benzene rings is 1. The highest BCUT2D eigenvalue weighted by Crippen LogP contribution is 2.38. The summed E-state index contributed by atoms with van der Waals surface area (Å²) in [5, 5.41) is 0. The van der Waals surface area contributed by atoms with Crippen molar-refractivity contribution in [1.29, 1.82) is 0 Å². The largest absolute Gasteiger partial charge is 0.366 e. The maximum Gasteiger partial charge on any atom is 0.248 e. The smallest absolute Gasteiger partial charge is 0.248 e. The summed E-state index contributed by atoms with van der Waals surface area (Å²) in [7, 11) is 0. The first-order chi connectivity index (χ1) is 10.9. The van der Waals surface area contributed by atoms with Gasteiger partial charge in [0.2, 0.25) is 17.7 Å². The fourth-order valence-electron chi connectivity index (χ4n) is 3.49. The monoisotopic (exact) mass is 322 g/mol. The minimum absolute atomic E-state index is 0.0757. The molecule has 0 bridgehead atoms. The SMILES string of the molecule is NC(=O)c1ccc2c(c1)CCCN2C(=O)C1CCC(F)(F)CC1.